The minimum Gasteiger partial charge on any atom is -0.309 e. The van der Waals surface area contributed by atoms with Crippen LogP contribution in [0.2, 0.25) is 0 Å². The number of hydrogen-bond acceptors (Lipinski definition) is 1. The molecule has 0 N–H and O–H groups in total. The predicted molar refractivity (Wildman–Crippen MR) is 215 cm³/mol. The van der Waals surface area contributed by atoms with E-state index in [4.69, 9.17) is 0 Å². The van der Waals surface area contributed by atoms with Crippen molar-refractivity contribution in [2.45, 2.75) is 40.0 Å². The molecule has 0 saturated carbocycles. The van der Waals surface area contributed by atoms with Gasteiger partial charge in [0.05, 0.1) is 11.0 Å². The Kier molecular flexibility index (Phi) is 6.73. The van der Waals surface area contributed by atoms with Gasteiger partial charge >= 0.3 is 0 Å². The first-order valence-corrected chi connectivity index (χ1v) is 18.3. The first-order valence-electron chi connectivity index (χ1n) is 18.3. The van der Waals surface area contributed by atoms with Crippen molar-refractivity contribution in [1.82, 2.24) is 9.55 Å². The van der Waals surface area contributed by atoms with Crippen LogP contribution in [0.15, 0.2) is 146 Å². The van der Waals surface area contributed by atoms with Gasteiger partial charge in [-0.05, 0) is 133 Å². The summed E-state index contributed by atoms with van der Waals surface area (Å²) < 4.78 is 2.43. The minimum atomic E-state index is 0.232. The maximum atomic E-state index is 4.37. The average Bonchev–Trinajstić information content (AvgIpc) is 3.51. The zero-order chi connectivity index (χ0) is 34.3. The van der Waals surface area contributed by atoms with Crippen molar-refractivity contribution in [1.29, 1.82) is 0 Å². The topological polar surface area (TPSA) is 17.8 Å². The molecular weight excluding hydrogens is 617 g/mol. The number of nitrogens with zero attached hydrogens (tertiary/aromatic N) is 2. The van der Waals surface area contributed by atoms with Crippen LogP contribution in [0.1, 0.15) is 43.9 Å². The Labute approximate surface area is 299 Å². The lowest BCUT2D eigenvalue weighted by Gasteiger charge is -2.36. The summed E-state index contributed by atoms with van der Waals surface area (Å²) >= 11 is 0. The number of aryl methyl sites for hydroxylation is 1. The summed E-state index contributed by atoms with van der Waals surface area (Å²) in [5.74, 6) is 0.546. The monoisotopic (exact) mass is 656 g/mol. The second-order valence-corrected chi connectivity index (χ2v) is 15.6. The summed E-state index contributed by atoms with van der Waals surface area (Å²) in [6.07, 6.45) is 9.65. The fourth-order valence-electron chi connectivity index (χ4n) is 8.96. The molecule has 0 aliphatic heterocycles. The van der Waals surface area contributed by atoms with Gasteiger partial charge in [-0.1, -0.05) is 118 Å². The standard InChI is InChI=1S/C49H40N2/c1-49(2,3)37-26-34-21-23-41-43(32-19-17-31(18-20-32)36-11-9-25-50-30-36)29-44(42-24-22-35(27-37)47(34)48(41)42)33-10-8-12-38(28-33)51-45-15-6-4-13-39(45)40-14-5-7-16-46(40)51/h4-20,22,24-26,28-30,37H,21,23,27H2,1-3H3. The maximum absolute atomic E-state index is 4.37. The number of pyridine rings is 1. The first-order chi connectivity index (χ1) is 24.9. The molecule has 0 fully saturated rings. The molecule has 51 heavy (non-hydrogen) atoms. The molecule has 2 aliphatic carbocycles. The summed E-state index contributed by atoms with van der Waals surface area (Å²) in [7, 11) is 0. The molecule has 2 aromatic heterocycles. The Morgan fingerprint density at radius 1 is 0.608 bits per heavy atom. The number of rotatable bonds is 4. The number of allylic oxidation sites excluding steroid dienone is 2. The molecule has 246 valence electrons. The molecule has 1 unspecified atom stereocenters. The van der Waals surface area contributed by atoms with E-state index in [0.717, 1.165) is 24.8 Å². The van der Waals surface area contributed by atoms with Crippen LogP contribution in [0.3, 0.4) is 0 Å². The molecule has 8 aromatic rings. The third kappa shape index (κ3) is 4.81. The van der Waals surface area contributed by atoms with Crippen molar-refractivity contribution in [3.63, 3.8) is 0 Å². The van der Waals surface area contributed by atoms with Crippen molar-refractivity contribution in [2.75, 3.05) is 0 Å². The number of aromatic nitrogens is 2. The quantitative estimate of drug-likeness (QED) is 0.184. The second kappa shape index (κ2) is 11.4. The van der Waals surface area contributed by atoms with Crippen LogP contribution in [0.5, 0.6) is 0 Å². The van der Waals surface area contributed by atoms with Gasteiger partial charge in [0, 0.05) is 28.9 Å². The molecule has 0 amide bonds. The van der Waals surface area contributed by atoms with Crippen LogP contribution >= 0.6 is 0 Å². The highest BCUT2D eigenvalue weighted by molar-refractivity contribution is 6.11. The molecule has 10 rings (SSSR count). The van der Waals surface area contributed by atoms with Crippen molar-refractivity contribution >= 4 is 38.2 Å². The van der Waals surface area contributed by atoms with Gasteiger partial charge in [-0.3, -0.25) is 4.98 Å². The van der Waals surface area contributed by atoms with E-state index < -0.39 is 0 Å². The molecule has 2 heterocycles. The normalized spacial score (nSPS) is 15.4. The van der Waals surface area contributed by atoms with E-state index in [2.05, 4.69) is 158 Å². The number of para-hydroxylation sites is 2. The van der Waals surface area contributed by atoms with Crippen molar-refractivity contribution in [2.24, 2.45) is 11.3 Å². The lowest BCUT2D eigenvalue weighted by atomic mass is 9.68. The fourth-order valence-corrected chi connectivity index (χ4v) is 8.96. The van der Waals surface area contributed by atoms with Gasteiger partial charge in [0.2, 0.25) is 0 Å². The van der Waals surface area contributed by atoms with Crippen molar-refractivity contribution in [3.05, 3.63) is 163 Å². The van der Waals surface area contributed by atoms with Crippen LogP contribution in [0.4, 0.5) is 0 Å². The summed E-state index contributed by atoms with van der Waals surface area (Å²) in [5, 5.41) is 5.39. The van der Waals surface area contributed by atoms with E-state index in [-0.39, 0.29) is 5.41 Å². The molecule has 2 nitrogen and oxygen atoms in total. The van der Waals surface area contributed by atoms with Gasteiger partial charge in [0.25, 0.3) is 0 Å². The van der Waals surface area contributed by atoms with Crippen LogP contribution in [-0.4, -0.2) is 9.55 Å². The Balaban J connectivity index is 1.21. The summed E-state index contributed by atoms with van der Waals surface area (Å²) in [6, 6.07) is 47.4. The molecule has 6 aromatic carbocycles. The Bertz CT molecular complexity index is 2630. The van der Waals surface area contributed by atoms with Gasteiger partial charge < -0.3 is 4.57 Å². The van der Waals surface area contributed by atoms with Crippen LogP contribution in [0, 0.1) is 11.3 Å². The fraction of sp³-hybridized carbons (Fsp3) is 0.163. The molecule has 0 radical (unpaired) electrons. The Hall–Kier alpha value is -5.73. The Morgan fingerprint density at radius 2 is 1.33 bits per heavy atom. The molecule has 0 saturated heterocycles. The number of hydrogen-bond donors (Lipinski definition) is 0. The van der Waals surface area contributed by atoms with Gasteiger partial charge in [-0.15, -0.1) is 0 Å². The van der Waals surface area contributed by atoms with Gasteiger partial charge in [0.1, 0.15) is 0 Å². The third-order valence-electron chi connectivity index (χ3n) is 11.6. The van der Waals surface area contributed by atoms with E-state index in [0.29, 0.717) is 5.92 Å². The van der Waals surface area contributed by atoms with E-state index in [1.165, 1.54) is 82.8 Å². The van der Waals surface area contributed by atoms with Gasteiger partial charge in [0.15, 0.2) is 0 Å². The second-order valence-electron chi connectivity index (χ2n) is 15.6. The van der Waals surface area contributed by atoms with E-state index in [9.17, 15) is 0 Å². The molecule has 2 heteroatoms. The zero-order valence-electron chi connectivity index (χ0n) is 29.4. The number of fused-ring (bicyclic) bond motifs is 3. The van der Waals surface area contributed by atoms with Gasteiger partial charge in [-0.25, -0.2) is 0 Å². The molecule has 0 bridgehead atoms. The van der Waals surface area contributed by atoms with Gasteiger partial charge in [-0.2, -0.15) is 0 Å². The highest BCUT2D eigenvalue weighted by atomic mass is 15.0. The van der Waals surface area contributed by atoms with E-state index in [1.54, 1.807) is 5.57 Å². The lowest BCUT2D eigenvalue weighted by molar-refractivity contribution is 0.289. The average molecular weight is 657 g/mol. The van der Waals surface area contributed by atoms with Crippen molar-refractivity contribution < 1.29 is 0 Å². The minimum absolute atomic E-state index is 0.232. The van der Waals surface area contributed by atoms with Crippen LogP contribution in [0.25, 0.3) is 77.2 Å². The molecular formula is C49H40N2. The summed E-state index contributed by atoms with van der Waals surface area (Å²) in [6.45, 7) is 7.18. The predicted octanol–water partition coefficient (Wildman–Crippen LogP) is 12.9. The summed E-state index contributed by atoms with van der Waals surface area (Å²) in [4.78, 5) is 4.37. The smallest absolute Gasteiger partial charge is 0.0541 e. The third-order valence-corrected chi connectivity index (χ3v) is 11.6. The Morgan fingerprint density at radius 3 is 2.06 bits per heavy atom. The largest absolute Gasteiger partial charge is 0.309 e. The zero-order valence-corrected chi connectivity index (χ0v) is 29.4. The van der Waals surface area contributed by atoms with E-state index in [1.807, 2.05) is 18.5 Å². The maximum Gasteiger partial charge on any atom is 0.0541 e. The first kappa shape index (κ1) is 30.1. The van der Waals surface area contributed by atoms with E-state index >= 15 is 0 Å². The highest BCUT2D eigenvalue weighted by Crippen LogP contribution is 2.50. The SMILES string of the molecule is CC(C)(C)C1C=C2CCc3c(-c4ccc(-c5cccnc5)cc4)cc(-c4cccc(-n5c6ccccc6c6ccccc65)c4)c4ccc(c2c34)C1. The van der Waals surface area contributed by atoms with Crippen LogP contribution in [-0.2, 0) is 12.8 Å². The number of benzene rings is 6. The lowest BCUT2D eigenvalue weighted by Crippen LogP contribution is -2.25. The molecule has 0 spiro atoms. The van der Waals surface area contributed by atoms with Crippen LogP contribution < -0.4 is 0 Å². The molecule has 1 atom stereocenters. The summed E-state index contributed by atoms with van der Waals surface area (Å²) in [5.41, 5.74) is 17.4. The van der Waals surface area contributed by atoms with Crippen molar-refractivity contribution in [3.8, 4) is 39.1 Å². The highest BCUT2D eigenvalue weighted by Gasteiger charge is 2.32. The molecule has 2 aliphatic rings.